The van der Waals surface area contributed by atoms with Gasteiger partial charge in [0, 0.05) is 32.0 Å². The van der Waals surface area contributed by atoms with E-state index in [9.17, 15) is 9.59 Å². The largest absolute Gasteiger partial charge is 0.371 e. The number of rotatable bonds is 3. The molecule has 2 aliphatic heterocycles. The molecule has 5 heteroatoms. The Bertz CT molecular complexity index is 640. The molecule has 25 heavy (non-hydrogen) atoms. The first-order valence-electron chi connectivity index (χ1n) is 9.40. The maximum Gasteiger partial charge on any atom is 0.242 e. The van der Waals surface area contributed by atoms with Gasteiger partial charge in [0.15, 0.2) is 0 Å². The second kappa shape index (κ2) is 6.79. The highest BCUT2D eigenvalue weighted by atomic mass is 16.5. The number of ether oxygens (including phenoxy) is 1. The summed E-state index contributed by atoms with van der Waals surface area (Å²) in [5.74, 6) is 0.357. The van der Waals surface area contributed by atoms with Gasteiger partial charge in [-0.15, -0.1) is 0 Å². The quantitative estimate of drug-likeness (QED) is 0.846. The summed E-state index contributed by atoms with van der Waals surface area (Å²) in [6.45, 7) is 2.80. The molecule has 134 valence electrons. The molecule has 1 spiro atoms. The molecule has 0 aromatic heterocycles. The van der Waals surface area contributed by atoms with Crippen molar-refractivity contribution in [2.45, 2.75) is 43.6 Å². The molecule has 5 nitrogen and oxygen atoms in total. The highest BCUT2D eigenvalue weighted by Crippen LogP contribution is 2.36. The van der Waals surface area contributed by atoms with Gasteiger partial charge in [-0.2, -0.15) is 0 Å². The van der Waals surface area contributed by atoms with Gasteiger partial charge in [-0.1, -0.05) is 43.2 Å². The zero-order chi connectivity index (χ0) is 17.3. The molecule has 1 aliphatic carbocycles. The molecule has 1 aromatic rings. The van der Waals surface area contributed by atoms with E-state index in [-0.39, 0.29) is 29.9 Å². The summed E-state index contributed by atoms with van der Waals surface area (Å²) < 4.78 is 6.00. The highest BCUT2D eigenvalue weighted by Gasteiger charge is 2.41. The second-order valence-electron chi connectivity index (χ2n) is 7.64. The van der Waals surface area contributed by atoms with Gasteiger partial charge in [0.05, 0.1) is 18.8 Å². The number of nitrogens with zero attached hydrogens (tertiary/aromatic N) is 2. The molecule has 0 N–H and O–H groups in total. The molecule has 0 bridgehead atoms. The lowest BCUT2D eigenvalue weighted by atomic mass is 9.98. The summed E-state index contributed by atoms with van der Waals surface area (Å²) in [6.07, 6.45) is 4.98. The first kappa shape index (κ1) is 16.6. The van der Waals surface area contributed by atoms with Crippen molar-refractivity contribution in [1.82, 2.24) is 9.80 Å². The number of amides is 2. The summed E-state index contributed by atoms with van der Waals surface area (Å²) in [6, 6.07) is 10.1. The van der Waals surface area contributed by atoms with E-state index in [0.717, 1.165) is 12.8 Å². The van der Waals surface area contributed by atoms with Crippen LogP contribution in [0.5, 0.6) is 0 Å². The standard InChI is InChI=1S/C20H26N2O3/c23-18-12-17(16-6-2-1-3-7-16)13-22(18)14-19(24)21-10-11-25-20(15-21)8-4-5-9-20/h1-3,6-7,17H,4-5,8-15H2/t17-/m0/s1. The average molecular weight is 342 g/mol. The number of carbonyl (C=O) groups excluding carboxylic acids is 2. The molecule has 0 radical (unpaired) electrons. The minimum atomic E-state index is -0.116. The molecule has 3 aliphatic rings. The molecule has 4 rings (SSSR count). The van der Waals surface area contributed by atoms with Crippen molar-refractivity contribution in [3.8, 4) is 0 Å². The van der Waals surface area contributed by atoms with E-state index in [1.165, 1.54) is 18.4 Å². The fourth-order valence-corrected chi connectivity index (χ4v) is 4.52. The Kier molecular flexibility index (Phi) is 4.50. The zero-order valence-corrected chi connectivity index (χ0v) is 14.7. The van der Waals surface area contributed by atoms with Gasteiger partial charge in [0.1, 0.15) is 0 Å². The Labute approximate surface area is 148 Å². The van der Waals surface area contributed by atoms with Crippen LogP contribution in [0.15, 0.2) is 30.3 Å². The van der Waals surface area contributed by atoms with E-state index in [1.807, 2.05) is 23.1 Å². The third-order valence-corrected chi connectivity index (χ3v) is 5.93. The lowest BCUT2D eigenvalue weighted by molar-refractivity contribution is -0.152. The molecular weight excluding hydrogens is 316 g/mol. The topological polar surface area (TPSA) is 49.9 Å². The molecular formula is C20H26N2O3. The van der Waals surface area contributed by atoms with Gasteiger partial charge in [-0.05, 0) is 18.4 Å². The lowest BCUT2D eigenvalue weighted by Crippen LogP contribution is -2.54. The molecule has 3 fully saturated rings. The molecule has 1 atom stereocenters. The van der Waals surface area contributed by atoms with Gasteiger partial charge in [-0.3, -0.25) is 9.59 Å². The molecule has 2 saturated heterocycles. The summed E-state index contributed by atoms with van der Waals surface area (Å²) >= 11 is 0. The monoisotopic (exact) mass is 342 g/mol. The summed E-state index contributed by atoms with van der Waals surface area (Å²) in [7, 11) is 0. The van der Waals surface area contributed by atoms with E-state index in [2.05, 4.69) is 12.1 Å². The Morgan fingerprint density at radius 3 is 2.72 bits per heavy atom. The zero-order valence-electron chi connectivity index (χ0n) is 14.7. The predicted molar refractivity (Wildman–Crippen MR) is 94.1 cm³/mol. The maximum atomic E-state index is 12.8. The predicted octanol–water partition coefficient (Wildman–Crippen LogP) is 2.17. The van der Waals surface area contributed by atoms with Gasteiger partial charge in [0.2, 0.25) is 11.8 Å². The third-order valence-electron chi connectivity index (χ3n) is 5.93. The second-order valence-corrected chi connectivity index (χ2v) is 7.64. The number of hydrogen-bond acceptors (Lipinski definition) is 3. The van der Waals surface area contributed by atoms with Gasteiger partial charge < -0.3 is 14.5 Å². The summed E-state index contributed by atoms with van der Waals surface area (Å²) in [4.78, 5) is 28.8. The fraction of sp³-hybridized carbons (Fsp3) is 0.600. The van der Waals surface area contributed by atoms with Crippen LogP contribution in [0.2, 0.25) is 0 Å². The first-order chi connectivity index (χ1) is 12.2. The Morgan fingerprint density at radius 1 is 1.20 bits per heavy atom. The van der Waals surface area contributed by atoms with Crippen molar-refractivity contribution in [3.05, 3.63) is 35.9 Å². The van der Waals surface area contributed by atoms with Crippen LogP contribution in [0.4, 0.5) is 0 Å². The van der Waals surface area contributed by atoms with Crippen LogP contribution in [0.1, 0.15) is 43.6 Å². The van der Waals surface area contributed by atoms with E-state index < -0.39 is 0 Å². The third kappa shape index (κ3) is 3.43. The van der Waals surface area contributed by atoms with Crippen molar-refractivity contribution in [2.24, 2.45) is 0 Å². The number of carbonyl (C=O) groups is 2. The van der Waals surface area contributed by atoms with E-state index >= 15 is 0 Å². The van der Waals surface area contributed by atoms with Crippen LogP contribution in [-0.4, -0.2) is 60.0 Å². The molecule has 1 aromatic carbocycles. The summed E-state index contributed by atoms with van der Waals surface area (Å²) in [5, 5.41) is 0. The van der Waals surface area contributed by atoms with E-state index in [0.29, 0.717) is 32.7 Å². The molecule has 2 amide bonds. The Hall–Kier alpha value is -1.88. The van der Waals surface area contributed by atoms with Crippen molar-refractivity contribution >= 4 is 11.8 Å². The number of likely N-dealkylation sites (tertiary alicyclic amines) is 1. The van der Waals surface area contributed by atoms with Crippen LogP contribution >= 0.6 is 0 Å². The van der Waals surface area contributed by atoms with E-state index in [4.69, 9.17) is 4.74 Å². The number of benzene rings is 1. The molecule has 0 unspecified atom stereocenters. The van der Waals surface area contributed by atoms with Crippen LogP contribution in [-0.2, 0) is 14.3 Å². The fourth-order valence-electron chi connectivity index (χ4n) is 4.52. The van der Waals surface area contributed by atoms with Crippen LogP contribution < -0.4 is 0 Å². The van der Waals surface area contributed by atoms with Gasteiger partial charge in [-0.25, -0.2) is 0 Å². The maximum absolute atomic E-state index is 12.8. The summed E-state index contributed by atoms with van der Waals surface area (Å²) in [5.41, 5.74) is 1.07. The average Bonchev–Trinajstić information content (AvgIpc) is 3.23. The highest BCUT2D eigenvalue weighted by molar-refractivity contribution is 5.86. The molecule has 1 saturated carbocycles. The first-order valence-corrected chi connectivity index (χ1v) is 9.40. The lowest BCUT2D eigenvalue weighted by Gasteiger charge is -2.41. The number of morpholine rings is 1. The Morgan fingerprint density at radius 2 is 1.96 bits per heavy atom. The van der Waals surface area contributed by atoms with Crippen molar-refractivity contribution in [3.63, 3.8) is 0 Å². The van der Waals surface area contributed by atoms with Crippen molar-refractivity contribution in [1.29, 1.82) is 0 Å². The van der Waals surface area contributed by atoms with E-state index in [1.54, 1.807) is 4.90 Å². The Balaban J connectivity index is 1.37. The van der Waals surface area contributed by atoms with Crippen LogP contribution in [0.3, 0.4) is 0 Å². The number of hydrogen-bond donors (Lipinski definition) is 0. The minimum Gasteiger partial charge on any atom is -0.371 e. The van der Waals surface area contributed by atoms with Crippen LogP contribution in [0, 0.1) is 0 Å². The SMILES string of the molecule is O=C1C[C@H](c2ccccc2)CN1CC(=O)N1CCOC2(CCCC2)C1. The minimum absolute atomic E-state index is 0.0663. The van der Waals surface area contributed by atoms with Gasteiger partial charge >= 0.3 is 0 Å². The smallest absolute Gasteiger partial charge is 0.242 e. The molecule has 2 heterocycles. The van der Waals surface area contributed by atoms with Crippen molar-refractivity contribution < 1.29 is 14.3 Å². The van der Waals surface area contributed by atoms with Gasteiger partial charge in [0.25, 0.3) is 0 Å². The normalized spacial score (nSPS) is 25.8. The van der Waals surface area contributed by atoms with Crippen molar-refractivity contribution in [2.75, 3.05) is 32.8 Å². The van der Waals surface area contributed by atoms with Crippen LogP contribution in [0.25, 0.3) is 0 Å².